The quantitative estimate of drug-likeness (QED) is 0.661. The van der Waals surface area contributed by atoms with E-state index in [0.29, 0.717) is 17.1 Å². The summed E-state index contributed by atoms with van der Waals surface area (Å²) >= 11 is 0. The Morgan fingerprint density at radius 2 is 1.58 bits per heavy atom. The molecule has 0 radical (unpaired) electrons. The first-order chi connectivity index (χ1) is 12.4. The molecular formula is C20H24O6. The highest BCUT2D eigenvalue weighted by atomic mass is 16.5. The van der Waals surface area contributed by atoms with Crippen molar-refractivity contribution in [3.05, 3.63) is 59.2 Å². The second-order valence-electron chi connectivity index (χ2n) is 6.75. The van der Waals surface area contributed by atoms with Gasteiger partial charge in [-0.05, 0) is 54.8 Å². The highest BCUT2D eigenvalue weighted by Gasteiger charge is 2.43. The van der Waals surface area contributed by atoms with Crippen LogP contribution in [0.25, 0.3) is 0 Å². The fourth-order valence-corrected chi connectivity index (χ4v) is 3.26. The zero-order chi connectivity index (χ0) is 18.8. The molecule has 0 aliphatic carbocycles. The number of benzene rings is 2. The van der Waals surface area contributed by atoms with Gasteiger partial charge >= 0.3 is 0 Å². The van der Waals surface area contributed by atoms with E-state index >= 15 is 0 Å². The Kier molecular flexibility index (Phi) is 5.60. The van der Waals surface area contributed by atoms with Crippen LogP contribution in [-0.2, 0) is 4.74 Å². The monoisotopic (exact) mass is 360 g/mol. The summed E-state index contributed by atoms with van der Waals surface area (Å²) in [5.41, 5.74) is 2.76. The van der Waals surface area contributed by atoms with Gasteiger partial charge < -0.3 is 29.9 Å². The predicted octanol–water partition coefficient (Wildman–Crippen LogP) is 1.61. The summed E-state index contributed by atoms with van der Waals surface area (Å²) in [6.45, 7) is 3.52. The van der Waals surface area contributed by atoms with Gasteiger partial charge in [-0.25, -0.2) is 0 Å². The second kappa shape index (κ2) is 7.73. The van der Waals surface area contributed by atoms with E-state index in [1.165, 1.54) is 0 Å². The maximum Gasteiger partial charge on any atom is 0.127 e. The van der Waals surface area contributed by atoms with E-state index in [9.17, 15) is 20.4 Å². The van der Waals surface area contributed by atoms with Gasteiger partial charge in [-0.3, -0.25) is 0 Å². The topological polar surface area (TPSA) is 99.4 Å². The van der Waals surface area contributed by atoms with Crippen molar-refractivity contribution in [2.24, 2.45) is 0 Å². The summed E-state index contributed by atoms with van der Waals surface area (Å²) in [4.78, 5) is 0. The molecule has 0 aromatic heterocycles. The Labute approximate surface area is 152 Å². The summed E-state index contributed by atoms with van der Waals surface area (Å²) in [6, 6.07) is 12.9. The molecule has 0 spiro atoms. The molecule has 3 rings (SSSR count). The fourth-order valence-electron chi connectivity index (χ4n) is 3.26. The van der Waals surface area contributed by atoms with E-state index in [2.05, 4.69) is 6.07 Å². The Morgan fingerprint density at radius 3 is 2.23 bits per heavy atom. The molecule has 26 heavy (non-hydrogen) atoms. The fraction of sp³-hybridized carbons (Fsp3) is 0.400. The van der Waals surface area contributed by atoms with Crippen LogP contribution in [0.3, 0.4) is 0 Å². The highest BCUT2D eigenvalue weighted by Crippen LogP contribution is 2.34. The third kappa shape index (κ3) is 3.90. The van der Waals surface area contributed by atoms with Crippen molar-refractivity contribution < 1.29 is 29.9 Å². The van der Waals surface area contributed by atoms with E-state index < -0.39 is 37.1 Å². The molecule has 140 valence electrons. The Hall–Kier alpha value is -1.96. The van der Waals surface area contributed by atoms with Gasteiger partial charge in [0.2, 0.25) is 0 Å². The van der Waals surface area contributed by atoms with Crippen LogP contribution in [0.5, 0.6) is 11.5 Å². The van der Waals surface area contributed by atoms with Crippen LogP contribution >= 0.6 is 0 Å². The molecular weight excluding hydrogens is 336 g/mol. The lowest BCUT2D eigenvalue weighted by Crippen LogP contribution is -2.55. The number of ether oxygens (including phenoxy) is 2. The normalized spacial score (nSPS) is 28.8. The van der Waals surface area contributed by atoms with Gasteiger partial charge in [0.05, 0.1) is 6.61 Å². The average molecular weight is 360 g/mol. The maximum atomic E-state index is 10.3. The smallest absolute Gasteiger partial charge is 0.127 e. The van der Waals surface area contributed by atoms with Crippen LogP contribution in [-0.4, -0.2) is 51.4 Å². The SMILES string of the molecule is Cc1cc(C)cc(Oc2cccc(C3OC(CO)C(O)C(O)C3O)c2)c1. The molecule has 2 aromatic carbocycles. The molecule has 5 atom stereocenters. The molecule has 0 bridgehead atoms. The number of rotatable bonds is 4. The van der Waals surface area contributed by atoms with Gasteiger partial charge in [0.15, 0.2) is 0 Å². The molecule has 1 fully saturated rings. The highest BCUT2D eigenvalue weighted by molar-refractivity contribution is 5.39. The lowest BCUT2D eigenvalue weighted by Gasteiger charge is -2.40. The predicted molar refractivity (Wildman–Crippen MR) is 95.2 cm³/mol. The first-order valence-corrected chi connectivity index (χ1v) is 8.55. The zero-order valence-corrected chi connectivity index (χ0v) is 14.7. The van der Waals surface area contributed by atoms with Crippen molar-refractivity contribution in [2.45, 2.75) is 44.4 Å². The molecule has 1 aliphatic rings. The molecule has 4 N–H and O–H groups in total. The van der Waals surface area contributed by atoms with E-state index in [-0.39, 0.29) is 0 Å². The molecule has 2 aromatic rings. The van der Waals surface area contributed by atoms with Crippen molar-refractivity contribution in [3.63, 3.8) is 0 Å². The van der Waals surface area contributed by atoms with Crippen LogP contribution in [0.1, 0.15) is 22.8 Å². The Bertz CT molecular complexity index is 739. The number of hydrogen-bond donors (Lipinski definition) is 4. The third-order valence-electron chi connectivity index (χ3n) is 4.51. The Balaban J connectivity index is 1.84. The second-order valence-corrected chi connectivity index (χ2v) is 6.75. The Morgan fingerprint density at radius 1 is 0.885 bits per heavy atom. The molecule has 1 saturated heterocycles. The van der Waals surface area contributed by atoms with Crippen molar-refractivity contribution in [3.8, 4) is 11.5 Å². The van der Waals surface area contributed by atoms with E-state index in [4.69, 9.17) is 9.47 Å². The van der Waals surface area contributed by atoms with Gasteiger partial charge in [-0.2, -0.15) is 0 Å². The summed E-state index contributed by atoms with van der Waals surface area (Å²) in [6.07, 6.45) is -5.92. The molecule has 6 heteroatoms. The maximum absolute atomic E-state index is 10.3. The molecule has 5 unspecified atom stereocenters. The average Bonchev–Trinajstić information content (AvgIpc) is 2.59. The van der Waals surface area contributed by atoms with E-state index in [0.717, 1.165) is 11.1 Å². The zero-order valence-electron chi connectivity index (χ0n) is 14.7. The molecule has 6 nitrogen and oxygen atoms in total. The van der Waals surface area contributed by atoms with Crippen molar-refractivity contribution in [1.29, 1.82) is 0 Å². The van der Waals surface area contributed by atoms with Crippen molar-refractivity contribution in [2.75, 3.05) is 6.61 Å². The summed E-state index contributed by atoms with van der Waals surface area (Å²) < 4.78 is 11.5. The van der Waals surface area contributed by atoms with Crippen LogP contribution in [0.15, 0.2) is 42.5 Å². The van der Waals surface area contributed by atoms with Gasteiger partial charge in [0.1, 0.15) is 42.0 Å². The minimum absolute atomic E-state index is 0.458. The van der Waals surface area contributed by atoms with Crippen LogP contribution < -0.4 is 4.74 Å². The number of aliphatic hydroxyl groups is 4. The van der Waals surface area contributed by atoms with Gasteiger partial charge in [-0.15, -0.1) is 0 Å². The van der Waals surface area contributed by atoms with Gasteiger partial charge in [-0.1, -0.05) is 18.2 Å². The van der Waals surface area contributed by atoms with Crippen LogP contribution in [0.4, 0.5) is 0 Å². The number of hydrogen-bond acceptors (Lipinski definition) is 6. The van der Waals surface area contributed by atoms with Crippen molar-refractivity contribution >= 4 is 0 Å². The molecule has 0 amide bonds. The summed E-state index contributed by atoms with van der Waals surface area (Å²) in [5.74, 6) is 1.26. The first-order valence-electron chi connectivity index (χ1n) is 8.55. The van der Waals surface area contributed by atoms with E-state index in [1.54, 1.807) is 24.3 Å². The third-order valence-corrected chi connectivity index (χ3v) is 4.51. The van der Waals surface area contributed by atoms with Gasteiger partial charge in [0, 0.05) is 0 Å². The molecule has 1 heterocycles. The van der Waals surface area contributed by atoms with Crippen LogP contribution in [0, 0.1) is 13.8 Å². The largest absolute Gasteiger partial charge is 0.457 e. The molecule has 1 aliphatic heterocycles. The van der Waals surface area contributed by atoms with E-state index in [1.807, 2.05) is 26.0 Å². The summed E-state index contributed by atoms with van der Waals surface area (Å²) in [7, 11) is 0. The standard InChI is InChI=1S/C20H24O6/c1-11-6-12(2)8-15(7-11)25-14-5-3-4-13(9-14)20-19(24)18(23)17(22)16(10-21)26-20/h3-9,16-24H,10H2,1-2H3. The summed E-state index contributed by atoms with van der Waals surface area (Å²) in [5, 5.41) is 39.5. The minimum Gasteiger partial charge on any atom is -0.457 e. The lowest BCUT2D eigenvalue weighted by atomic mass is 9.91. The van der Waals surface area contributed by atoms with Gasteiger partial charge in [0.25, 0.3) is 0 Å². The molecule has 0 saturated carbocycles. The minimum atomic E-state index is -1.41. The lowest BCUT2D eigenvalue weighted by molar-refractivity contribution is -0.231. The first kappa shape index (κ1) is 18.8. The van der Waals surface area contributed by atoms with Crippen LogP contribution in [0.2, 0.25) is 0 Å². The number of aliphatic hydroxyl groups excluding tert-OH is 4. The van der Waals surface area contributed by atoms with Crippen molar-refractivity contribution in [1.82, 2.24) is 0 Å². The number of aryl methyl sites for hydroxylation is 2.